The van der Waals surface area contributed by atoms with Crippen LogP contribution >= 0.6 is 12.4 Å². The number of rotatable bonds is 5. The van der Waals surface area contributed by atoms with E-state index < -0.39 is 23.6 Å². The lowest BCUT2D eigenvalue weighted by Gasteiger charge is -2.18. The summed E-state index contributed by atoms with van der Waals surface area (Å²) >= 11 is 0. The fraction of sp³-hybridized carbons (Fsp3) is 0.538. The zero-order valence-electron chi connectivity index (χ0n) is 10.6. The molecule has 6 heteroatoms. The second kappa shape index (κ2) is 7.70. The maximum absolute atomic E-state index is 12.9. The molecule has 0 aliphatic heterocycles. The van der Waals surface area contributed by atoms with Gasteiger partial charge in [0.05, 0.1) is 5.56 Å². The average Bonchev–Trinajstić information content (AvgIpc) is 2.28. The summed E-state index contributed by atoms with van der Waals surface area (Å²) in [5.41, 5.74) is 4.77. The van der Waals surface area contributed by atoms with E-state index in [1.165, 1.54) is 0 Å². The lowest BCUT2D eigenvalue weighted by Crippen LogP contribution is -2.17. The van der Waals surface area contributed by atoms with Gasteiger partial charge in [-0.25, -0.2) is 4.39 Å². The summed E-state index contributed by atoms with van der Waals surface area (Å²) < 4.78 is 51.2. The fourth-order valence-corrected chi connectivity index (χ4v) is 1.87. The zero-order chi connectivity index (χ0) is 13.8. The molecule has 0 heterocycles. The summed E-state index contributed by atoms with van der Waals surface area (Å²) in [5.74, 6) is -0.896. The number of nitrogens with two attached hydrogens (primary N) is 1. The first-order chi connectivity index (χ1) is 8.36. The zero-order valence-corrected chi connectivity index (χ0v) is 11.5. The molecule has 0 fully saturated rings. The van der Waals surface area contributed by atoms with Crippen molar-refractivity contribution in [2.45, 2.75) is 44.8 Å². The van der Waals surface area contributed by atoms with Gasteiger partial charge in [-0.15, -0.1) is 12.4 Å². The molecule has 0 bridgehead atoms. The van der Waals surface area contributed by atoms with Crippen molar-refractivity contribution in [1.29, 1.82) is 0 Å². The Bertz CT molecular complexity index is 393. The highest BCUT2D eigenvalue weighted by Crippen LogP contribution is 2.35. The molecule has 0 saturated carbocycles. The summed E-state index contributed by atoms with van der Waals surface area (Å²) in [7, 11) is 0. The van der Waals surface area contributed by atoms with Crippen molar-refractivity contribution in [3.8, 4) is 0 Å². The topological polar surface area (TPSA) is 26.0 Å². The molecule has 1 atom stereocenters. The highest BCUT2D eigenvalue weighted by Gasteiger charge is 2.34. The molecule has 0 unspecified atom stereocenters. The first-order valence-electron chi connectivity index (χ1n) is 5.98. The Labute approximate surface area is 116 Å². The number of unbranched alkanes of at least 4 members (excludes halogenated alkanes) is 2. The number of hydrogen-bond donors (Lipinski definition) is 1. The molecular formula is C13H18ClF4N. The van der Waals surface area contributed by atoms with Crippen LogP contribution in [0, 0.1) is 5.82 Å². The average molecular weight is 300 g/mol. The smallest absolute Gasteiger partial charge is 0.324 e. The molecule has 0 saturated heterocycles. The van der Waals surface area contributed by atoms with Crippen LogP contribution in [0.3, 0.4) is 0 Å². The number of halogens is 5. The van der Waals surface area contributed by atoms with E-state index in [2.05, 4.69) is 0 Å². The quantitative estimate of drug-likeness (QED) is 0.610. The van der Waals surface area contributed by atoms with Gasteiger partial charge in [0, 0.05) is 6.04 Å². The highest BCUT2D eigenvalue weighted by atomic mass is 35.5. The molecule has 2 N–H and O–H groups in total. The normalized spacial score (nSPS) is 12.9. The minimum atomic E-state index is -4.57. The highest BCUT2D eigenvalue weighted by molar-refractivity contribution is 5.85. The Morgan fingerprint density at radius 1 is 1.21 bits per heavy atom. The number of alkyl halides is 3. The van der Waals surface area contributed by atoms with Gasteiger partial charge in [-0.1, -0.05) is 32.3 Å². The molecule has 1 rings (SSSR count). The van der Waals surface area contributed by atoms with Crippen LogP contribution in [0.5, 0.6) is 0 Å². The third-order valence-corrected chi connectivity index (χ3v) is 2.84. The maximum atomic E-state index is 12.9. The summed E-state index contributed by atoms with van der Waals surface area (Å²) in [4.78, 5) is 0. The SMILES string of the molecule is CCCCC[C@H](N)c1ccc(F)cc1C(F)(F)F.Cl. The Balaban J connectivity index is 0.00000324. The van der Waals surface area contributed by atoms with E-state index in [-0.39, 0.29) is 18.0 Å². The van der Waals surface area contributed by atoms with Crippen molar-refractivity contribution in [3.63, 3.8) is 0 Å². The van der Waals surface area contributed by atoms with Gasteiger partial charge in [0.1, 0.15) is 5.82 Å². The minimum absolute atomic E-state index is 0. The molecule has 1 aromatic carbocycles. The van der Waals surface area contributed by atoms with Gasteiger partial charge in [-0.3, -0.25) is 0 Å². The fourth-order valence-electron chi connectivity index (χ4n) is 1.87. The van der Waals surface area contributed by atoms with Gasteiger partial charge in [-0.2, -0.15) is 13.2 Å². The van der Waals surface area contributed by atoms with Crippen molar-refractivity contribution in [2.75, 3.05) is 0 Å². The van der Waals surface area contributed by atoms with Crippen LogP contribution < -0.4 is 5.73 Å². The van der Waals surface area contributed by atoms with Crippen LogP contribution in [0.2, 0.25) is 0 Å². The van der Waals surface area contributed by atoms with Crippen LogP contribution in [-0.4, -0.2) is 0 Å². The predicted molar refractivity (Wildman–Crippen MR) is 69.7 cm³/mol. The third kappa shape index (κ3) is 5.37. The lowest BCUT2D eigenvalue weighted by molar-refractivity contribution is -0.138. The minimum Gasteiger partial charge on any atom is -0.324 e. The predicted octanol–water partition coefficient (Wildman–Crippen LogP) is 4.85. The van der Waals surface area contributed by atoms with Gasteiger partial charge >= 0.3 is 6.18 Å². The van der Waals surface area contributed by atoms with E-state index in [1.807, 2.05) is 6.92 Å². The lowest BCUT2D eigenvalue weighted by atomic mass is 9.96. The first-order valence-corrected chi connectivity index (χ1v) is 5.98. The van der Waals surface area contributed by atoms with Gasteiger partial charge in [0.15, 0.2) is 0 Å². The molecule has 110 valence electrons. The van der Waals surface area contributed by atoms with E-state index in [0.717, 1.165) is 31.4 Å². The maximum Gasteiger partial charge on any atom is 0.416 e. The second-order valence-electron chi connectivity index (χ2n) is 4.33. The molecule has 1 nitrogen and oxygen atoms in total. The number of benzene rings is 1. The summed E-state index contributed by atoms with van der Waals surface area (Å²) in [6.45, 7) is 2.00. The summed E-state index contributed by atoms with van der Waals surface area (Å²) in [6.07, 6.45) is -1.42. The van der Waals surface area contributed by atoms with Crippen molar-refractivity contribution in [1.82, 2.24) is 0 Å². The van der Waals surface area contributed by atoms with Crippen LogP contribution in [0.25, 0.3) is 0 Å². The second-order valence-corrected chi connectivity index (χ2v) is 4.33. The Hall–Kier alpha value is -0.810. The molecule has 1 aromatic rings. The van der Waals surface area contributed by atoms with Gasteiger partial charge in [0.25, 0.3) is 0 Å². The van der Waals surface area contributed by atoms with E-state index in [9.17, 15) is 17.6 Å². The molecule has 0 spiro atoms. The standard InChI is InChI=1S/C13H17F4N.ClH/c1-2-3-4-5-12(18)10-7-6-9(14)8-11(10)13(15,16)17;/h6-8,12H,2-5,18H2,1H3;1H/t12-;/m0./s1. The summed E-state index contributed by atoms with van der Waals surface area (Å²) in [6, 6.07) is 1.96. The Morgan fingerprint density at radius 2 is 1.84 bits per heavy atom. The van der Waals surface area contributed by atoms with Crippen LogP contribution in [0.1, 0.15) is 49.8 Å². The van der Waals surface area contributed by atoms with E-state index >= 15 is 0 Å². The largest absolute Gasteiger partial charge is 0.416 e. The molecule has 0 radical (unpaired) electrons. The van der Waals surface area contributed by atoms with Gasteiger partial charge in [-0.05, 0) is 24.1 Å². The third-order valence-electron chi connectivity index (χ3n) is 2.84. The van der Waals surface area contributed by atoms with E-state index in [1.54, 1.807) is 0 Å². The van der Waals surface area contributed by atoms with Gasteiger partial charge in [0.2, 0.25) is 0 Å². The molecular weight excluding hydrogens is 282 g/mol. The monoisotopic (exact) mass is 299 g/mol. The Morgan fingerprint density at radius 3 is 2.37 bits per heavy atom. The van der Waals surface area contributed by atoms with Gasteiger partial charge < -0.3 is 5.73 Å². The van der Waals surface area contributed by atoms with Crippen molar-refractivity contribution in [2.24, 2.45) is 5.73 Å². The van der Waals surface area contributed by atoms with Crippen LogP contribution in [0.15, 0.2) is 18.2 Å². The Kier molecular flexibility index (Phi) is 7.37. The van der Waals surface area contributed by atoms with E-state index in [4.69, 9.17) is 5.73 Å². The van der Waals surface area contributed by atoms with Crippen molar-refractivity contribution in [3.05, 3.63) is 35.1 Å². The number of hydrogen-bond acceptors (Lipinski definition) is 1. The van der Waals surface area contributed by atoms with E-state index in [0.29, 0.717) is 12.5 Å². The molecule has 19 heavy (non-hydrogen) atoms. The van der Waals surface area contributed by atoms with Crippen molar-refractivity contribution < 1.29 is 17.6 Å². The first kappa shape index (κ1) is 18.2. The van der Waals surface area contributed by atoms with Crippen LogP contribution in [-0.2, 0) is 6.18 Å². The molecule has 0 aliphatic rings. The summed E-state index contributed by atoms with van der Waals surface area (Å²) in [5, 5.41) is 0. The van der Waals surface area contributed by atoms with Crippen molar-refractivity contribution >= 4 is 12.4 Å². The molecule has 0 aromatic heterocycles. The molecule has 0 amide bonds. The molecule has 0 aliphatic carbocycles. The van der Waals surface area contributed by atoms with Crippen LogP contribution in [0.4, 0.5) is 17.6 Å².